The largest absolute Gasteiger partial charge is 0.350 e. The molecule has 0 radical (unpaired) electrons. The highest BCUT2D eigenvalue weighted by Crippen LogP contribution is 2.13. The molecule has 2 heterocycles. The minimum absolute atomic E-state index is 0.0228. The molecule has 1 N–H and O–H groups in total. The quantitative estimate of drug-likeness (QED) is 0.943. The van der Waals surface area contributed by atoms with Gasteiger partial charge in [-0.05, 0) is 25.3 Å². The lowest BCUT2D eigenvalue weighted by atomic mass is 10.1. The van der Waals surface area contributed by atoms with Crippen molar-refractivity contribution in [2.45, 2.75) is 25.8 Å². The average molecular weight is 314 g/mol. The molecule has 1 amide bonds. The highest BCUT2D eigenvalue weighted by atomic mass is 19.1. The van der Waals surface area contributed by atoms with E-state index in [4.69, 9.17) is 0 Å². The maximum atomic E-state index is 13.5. The third kappa shape index (κ3) is 3.83. The number of carbonyl (C=O) groups excluding carboxylic acids is 1. The maximum absolute atomic E-state index is 13.5. The van der Waals surface area contributed by atoms with E-state index < -0.39 is 0 Å². The van der Waals surface area contributed by atoms with Crippen molar-refractivity contribution in [3.05, 3.63) is 53.6 Å². The van der Waals surface area contributed by atoms with Gasteiger partial charge in [-0.15, -0.1) is 0 Å². The first-order chi connectivity index (χ1) is 11.2. The topological polar surface area (TPSA) is 58.1 Å². The summed E-state index contributed by atoms with van der Waals surface area (Å²) in [5.74, 6) is 0.0886. The van der Waals surface area contributed by atoms with Crippen LogP contribution in [0.1, 0.15) is 35.2 Å². The highest BCUT2D eigenvalue weighted by Gasteiger charge is 2.18. The zero-order valence-electron chi connectivity index (χ0n) is 12.8. The van der Waals surface area contributed by atoms with Crippen LogP contribution in [0.4, 0.5) is 10.3 Å². The molecule has 2 aromatic rings. The van der Waals surface area contributed by atoms with Gasteiger partial charge in [0.25, 0.3) is 5.91 Å². The molecule has 3 rings (SSSR count). The van der Waals surface area contributed by atoms with Crippen LogP contribution >= 0.6 is 0 Å². The Balaban J connectivity index is 1.60. The summed E-state index contributed by atoms with van der Waals surface area (Å²) in [6.45, 7) is 1.89. The zero-order chi connectivity index (χ0) is 16.1. The second-order valence-corrected chi connectivity index (χ2v) is 5.59. The van der Waals surface area contributed by atoms with E-state index in [0.29, 0.717) is 23.6 Å². The standard InChI is InChI=1S/C17H19FN4O/c18-15-7-3-2-6-13(15)10-19-17-20-11-14(12-21-17)16(23)22-8-4-1-5-9-22/h2-3,6-7,11-12H,1,4-5,8-10H2,(H,19,20,21). The monoisotopic (exact) mass is 314 g/mol. The summed E-state index contributed by atoms with van der Waals surface area (Å²) in [5.41, 5.74) is 1.04. The molecule has 0 spiro atoms. The molecular formula is C17H19FN4O. The first-order valence-corrected chi connectivity index (χ1v) is 7.82. The van der Waals surface area contributed by atoms with E-state index in [1.54, 1.807) is 18.2 Å². The van der Waals surface area contributed by atoms with Crippen molar-refractivity contribution in [3.63, 3.8) is 0 Å². The fourth-order valence-electron chi connectivity index (χ4n) is 2.63. The van der Waals surface area contributed by atoms with Crippen molar-refractivity contribution in [2.24, 2.45) is 0 Å². The smallest absolute Gasteiger partial charge is 0.256 e. The number of rotatable bonds is 4. The van der Waals surface area contributed by atoms with Crippen molar-refractivity contribution in [1.29, 1.82) is 0 Å². The Hall–Kier alpha value is -2.50. The number of benzene rings is 1. The van der Waals surface area contributed by atoms with Gasteiger partial charge < -0.3 is 10.2 Å². The van der Waals surface area contributed by atoms with Crippen molar-refractivity contribution in [1.82, 2.24) is 14.9 Å². The molecule has 0 aliphatic carbocycles. The van der Waals surface area contributed by atoms with Gasteiger partial charge in [0.05, 0.1) is 5.56 Å². The van der Waals surface area contributed by atoms with E-state index in [9.17, 15) is 9.18 Å². The second kappa shape index (κ2) is 7.17. The Labute approximate surface area is 134 Å². The molecule has 1 aliphatic heterocycles. The van der Waals surface area contributed by atoms with Crippen molar-refractivity contribution in [3.8, 4) is 0 Å². The molecule has 1 aromatic heterocycles. The molecule has 0 bridgehead atoms. The number of aromatic nitrogens is 2. The summed E-state index contributed by atoms with van der Waals surface area (Å²) in [4.78, 5) is 22.4. The first kappa shape index (κ1) is 15.4. The summed E-state index contributed by atoms with van der Waals surface area (Å²) in [6.07, 6.45) is 6.32. The van der Waals surface area contributed by atoms with Crippen molar-refractivity contribution < 1.29 is 9.18 Å². The molecule has 1 fully saturated rings. The van der Waals surface area contributed by atoms with Crippen LogP contribution in [0, 0.1) is 5.82 Å². The van der Waals surface area contributed by atoms with Crippen LogP contribution in [0.5, 0.6) is 0 Å². The average Bonchev–Trinajstić information content (AvgIpc) is 2.62. The van der Waals surface area contributed by atoms with Gasteiger partial charge in [0.2, 0.25) is 5.95 Å². The lowest BCUT2D eigenvalue weighted by Gasteiger charge is -2.26. The molecule has 1 aromatic carbocycles. The molecule has 1 saturated heterocycles. The molecule has 6 heteroatoms. The van der Waals surface area contributed by atoms with Crippen LogP contribution in [0.15, 0.2) is 36.7 Å². The van der Waals surface area contributed by atoms with Crippen LogP contribution in [-0.2, 0) is 6.54 Å². The molecule has 5 nitrogen and oxygen atoms in total. The van der Waals surface area contributed by atoms with Crippen LogP contribution in [0.25, 0.3) is 0 Å². The van der Waals surface area contributed by atoms with Gasteiger partial charge >= 0.3 is 0 Å². The lowest BCUT2D eigenvalue weighted by molar-refractivity contribution is 0.0723. The molecule has 23 heavy (non-hydrogen) atoms. The van der Waals surface area contributed by atoms with E-state index in [2.05, 4.69) is 15.3 Å². The van der Waals surface area contributed by atoms with E-state index in [1.807, 2.05) is 4.90 Å². The number of hydrogen-bond acceptors (Lipinski definition) is 4. The molecule has 120 valence electrons. The zero-order valence-corrected chi connectivity index (χ0v) is 12.8. The van der Waals surface area contributed by atoms with Crippen LogP contribution in [0.2, 0.25) is 0 Å². The third-order valence-electron chi connectivity index (χ3n) is 3.94. The lowest BCUT2D eigenvalue weighted by Crippen LogP contribution is -2.35. The fourth-order valence-corrected chi connectivity index (χ4v) is 2.63. The number of nitrogens with one attached hydrogen (secondary N) is 1. The Morgan fingerprint density at radius 2 is 1.83 bits per heavy atom. The number of carbonyl (C=O) groups is 1. The minimum Gasteiger partial charge on any atom is -0.350 e. The van der Waals surface area contributed by atoms with E-state index in [0.717, 1.165) is 25.9 Å². The van der Waals surface area contributed by atoms with Gasteiger partial charge in [-0.25, -0.2) is 14.4 Å². The predicted molar refractivity (Wildman–Crippen MR) is 85.5 cm³/mol. The number of anilines is 1. The van der Waals surface area contributed by atoms with E-state index in [1.165, 1.54) is 24.9 Å². The minimum atomic E-state index is -0.267. The number of nitrogens with zero attached hydrogens (tertiary/aromatic N) is 3. The number of hydrogen-bond donors (Lipinski definition) is 1. The molecule has 0 atom stereocenters. The predicted octanol–water partition coefficient (Wildman–Crippen LogP) is 2.85. The normalized spacial score (nSPS) is 14.6. The number of likely N-dealkylation sites (tertiary alicyclic amines) is 1. The van der Waals surface area contributed by atoms with Gasteiger partial charge in [0.1, 0.15) is 5.82 Å². The summed E-state index contributed by atoms with van der Waals surface area (Å²) in [5, 5.41) is 2.96. The number of halogens is 1. The molecule has 0 unspecified atom stereocenters. The third-order valence-corrected chi connectivity index (χ3v) is 3.94. The number of piperidine rings is 1. The van der Waals surface area contributed by atoms with Gasteiger partial charge in [0.15, 0.2) is 0 Å². The number of amides is 1. The van der Waals surface area contributed by atoms with Gasteiger partial charge in [-0.3, -0.25) is 4.79 Å². The maximum Gasteiger partial charge on any atom is 0.256 e. The van der Waals surface area contributed by atoms with Crippen LogP contribution in [0.3, 0.4) is 0 Å². The van der Waals surface area contributed by atoms with Gasteiger partial charge in [-0.1, -0.05) is 18.2 Å². The molecule has 0 saturated carbocycles. The van der Waals surface area contributed by atoms with Gasteiger partial charge in [-0.2, -0.15) is 0 Å². The Morgan fingerprint density at radius 1 is 1.13 bits per heavy atom. The Kier molecular flexibility index (Phi) is 4.80. The second-order valence-electron chi connectivity index (χ2n) is 5.59. The van der Waals surface area contributed by atoms with E-state index >= 15 is 0 Å². The Bertz CT molecular complexity index is 669. The molecular weight excluding hydrogens is 295 g/mol. The Morgan fingerprint density at radius 3 is 2.52 bits per heavy atom. The summed E-state index contributed by atoms with van der Waals surface area (Å²) in [6, 6.07) is 6.55. The summed E-state index contributed by atoms with van der Waals surface area (Å²) >= 11 is 0. The van der Waals surface area contributed by atoms with Crippen LogP contribution in [-0.4, -0.2) is 33.9 Å². The van der Waals surface area contributed by atoms with Crippen molar-refractivity contribution in [2.75, 3.05) is 18.4 Å². The molecule has 1 aliphatic rings. The van der Waals surface area contributed by atoms with Gasteiger partial charge in [0, 0.05) is 37.6 Å². The summed E-state index contributed by atoms with van der Waals surface area (Å²) < 4.78 is 13.5. The summed E-state index contributed by atoms with van der Waals surface area (Å²) in [7, 11) is 0. The van der Waals surface area contributed by atoms with Crippen molar-refractivity contribution >= 4 is 11.9 Å². The van der Waals surface area contributed by atoms with Crippen LogP contribution < -0.4 is 5.32 Å². The van der Waals surface area contributed by atoms with E-state index in [-0.39, 0.29) is 11.7 Å². The highest BCUT2D eigenvalue weighted by molar-refractivity contribution is 5.93. The SMILES string of the molecule is O=C(c1cnc(NCc2ccccc2F)nc1)N1CCCCC1. The first-order valence-electron chi connectivity index (χ1n) is 7.82. The fraction of sp³-hybridized carbons (Fsp3) is 0.353.